The van der Waals surface area contributed by atoms with E-state index in [1.807, 2.05) is 24.3 Å². The first kappa shape index (κ1) is 10.6. The van der Waals surface area contributed by atoms with Crippen molar-refractivity contribution in [3.8, 4) is 0 Å². The molecule has 0 aliphatic carbocycles. The van der Waals surface area contributed by atoms with E-state index in [0.717, 1.165) is 5.56 Å². The van der Waals surface area contributed by atoms with Gasteiger partial charge in [-0.3, -0.25) is 0 Å². The summed E-state index contributed by atoms with van der Waals surface area (Å²) in [5, 5.41) is 2.51. The van der Waals surface area contributed by atoms with Crippen molar-refractivity contribution in [1.29, 1.82) is 0 Å². The topological polar surface area (TPSA) is 0 Å². The summed E-state index contributed by atoms with van der Waals surface area (Å²) >= 11 is 2.22. The summed E-state index contributed by atoms with van der Waals surface area (Å²) in [5.74, 6) is 0. The SMILES string of the molecule is [CH2-]c1cccc2ccccc12.[Cl][Pd+]. The molecule has 0 amide bonds. The van der Waals surface area contributed by atoms with Crippen LogP contribution in [0, 0.1) is 6.92 Å². The van der Waals surface area contributed by atoms with Gasteiger partial charge in [0, 0.05) is 0 Å². The first-order chi connectivity index (χ1) is 6.38. The molecule has 0 heterocycles. The fourth-order valence-electron chi connectivity index (χ4n) is 1.29. The Morgan fingerprint density at radius 2 is 1.54 bits per heavy atom. The maximum atomic E-state index is 4.49. The van der Waals surface area contributed by atoms with Crippen molar-refractivity contribution in [3.05, 3.63) is 55.0 Å². The van der Waals surface area contributed by atoms with Crippen LogP contribution in [-0.4, -0.2) is 0 Å². The molecule has 0 aromatic heterocycles. The normalized spacial score (nSPS) is 9.15. The molecule has 0 aliphatic heterocycles. The summed E-state index contributed by atoms with van der Waals surface area (Å²) in [6, 6.07) is 14.4. The molecule has 0 atom stereocenters. The van der Waals surface area contributed by atoms with E-state index in [1.165, 1.54) is 10.8 Å². The van der Waals surface area contributed by atoms with Gasteiger partial charge in [0.25, 0.3) is 0 Å². The Balaban J connectivity index is 0.000000396. The number of rotatable bonds is 0. The summed E-state index contributed by atoms with van der Waals surface area (Å²) in [4.78, 5) is 0. The van der Waals surface area contributed by atoms with E-state index in [-0.39, 0.29) is 0 Å². The minimum atomic E-state index is 1.10. The maximum absolute atomic E-state index is 4.49. The van der Waals surface area contributed by atoms with Gasteiger partial charge in [-0.25, -0.2) is 0 Å². The van der Waals surface area contributed by atoms with Crippen LogP contribution in [0.1, 0.15) is 5.56 Å². The predicted octanol–water partition coefficient (Wildman–Crippen LogP) is 3.71. The molecule has 0 aliphatic rings. The number of halogens is 1. The van der Waals surface area contributed by atoms with Gasteiger partial charge in [-0.05, 0) is 0 Å². The van der Waals surface area contributed by atoms with Crippen molar-refractivity contribution >= 4 is 20.3 Å². The van der Waals surface area contributed by atoms with E-state index in [2.05, 4.69) is 52.8 Å². The molecule has 0 spiro atoms. The molecule has 0 radical (unpaired) electrons. The monoisotopic (exact) mass is 282 g/mol. The van der Waals surface area contributed by atoms with E-state index in [1.54, 1.807) is 0 Å². The van der Waals surface area contributed by atoms with Crippen LogP contribution in [0.25, 0.3) is 10.8 Å². The molecule has 2 aromatic rings. The van der Waals surface area contributed by atoms with Crippen molar-refractivity contribution in [1.82, 2.24) is 0 Å². The van der Waals surface area contributed by atoms with Crippen molar-refractivity contribution < 1.29 is 18.2 Å². The second-order valence-corrected chi connectivity index (χ2v) is 2.64. The Morgan fingerprint density at radius 3 is 2.23 bits per heavy atom. The van der Waals surface area contributed by atoms with Crippen molar-refractivity contribution in [2.75, 3.05) is 0 Å². The number of benzene rings is 2. The molecule has 0 unspecified atom stereocenters. The van der Waals surface area contributed by atoms with Gasteiger partial charge in [0.05, 0.1) is 0 Å². The van der Waals surface area contributed by atoms with Gasteiger partial charge < -0.3 is 0 Å². The molecule has 70 valence electrons. The second kappa shape index (κ2) is 5.29. The molecule has 0 saturated carbocycles. The molecule has 0 saturated heterocycles. The fourth-order valence-corrected chi connectivity index (χ4v) is 1.29. The quantitative estimate of drug-likeness (QED) is 0.510. The summed E-state index contributed by atoms with van der Waals surface area (Å²) in [5.41, 5.74) is 1.10. The van der Waals surface area contributed by atoms with Crippen molar-refractivity contribution in [3.63, 3.8) is 0 Å². The number of hydrogen-bond acceptors (Lipinski definition) is 0. The molecule has 2 rings (SSSR count). The molecule has 0 bridgehead atoms. The zero-order chi connectivity index (χ0) is 9.68. The Labute approximate surface area is 93.3 Å². The average molecular weight is 283 g/mol. The van der Waals surface area contributed by atoms with E-state index in [4.69, 9.17) is 0 Å². The van der Waals surface area contributed by atoms with Crippen LogP contribution in [0.5, 0.6) is 0 Å². The molecule has 13 heavy (non-hydrogen) atoms. The summed E-state index contributed by atoms with van der Waals surface area (Å²) < 4.78 is 0. The van der Waals surface area contributed by atoms with Crippen LogP contribution in [0.3, 0.4) is 0 Å². The van der Waals surface area contributed by atoms with Crippen molar-refractivity contribution in [2.45, 2.75) is 0 Å². The van der Waals surface area contributed by atoms with Gasteiger partial charge in [0.15, 0.2) is 0 Å². The molecule has 2 aromatic carbocycles. The van der Waals surface area contributed by atoms with Crippen LogP contribution in [0.4, 0.5) is 0 Å². The first-order valence-electron chi connectivity index (χ1n) is 3.79. The Kier molecular flexibility index (Phi) is 4.32. The minimum absolute atomic E-state index is 1.10. The van der Waals surface area contributed by atoms with Gasteiger partial charge in [0.2, 0.25) is 0 Å². The fraction of sp³-hybridized carbons (Fsp3) is 0. The van der Waals surface area contributed by atoms with Gasteiger partial charge in [-0.1, -0.05) is 29.7 Å². The third-order valence-corrected chi connectivity index (χ3v) is 1.88. The van der Waals surface area contributed by atoms with E-state index < -0.39 is 0 Å². The third kappa shape index (κ3) is 2.48. The third-order valence-electron chi connectivity index (χ3n) is 1.88. The van der Waals surface area contributed by atoms with Crippen LogP contribution >= 0.6 is 9.53 Å². The molecule has 0 N–H and O–H groups in total. The molecule has 2 heteroatoms. The number of hydrogen-bond donors (Lipinski definition) is 0. The molecule has 0 fully saturated rings. The molecular formula is C11H9ClPd. The van der Waals surface area contributed by atoms with Gasteiger partial charge in [-0.2, -0.15) is 18.6 Å². The molecule has 0 nitrogen and oxygen atoms in total. The number of fused-ring (bicyclic) bond motifs is 1. The average Bonchev–Trinajstić information content (AvgIpc) is 2.22. The standard InChI is InChI=1S/C11H9.ClH.Pd/c1-9-5-4-7-10-6-2-3-8-11(9)10;;/h2-8H,1H2;1H;/q-1;;+2/p-1. The van der Waals surface area contributed by atoms with E-state index in [9.17, 15) is 0 Å². The van der Waals surface area contributed by atoms with Gasteiger partial charge in [0.1, 0.15) is 0 Å². The predicted molar refractivity (Wildman–Crippen MR) is 54.3 cm³/mol. The zero-order valence-electron chi connectivity index (χ0n) is 6.94. The summed E-state index contributed by atoms with van der Waals surface area (Å²) in [6.07, 6.45) is 0. The Bertz CT molecular complexity index is 379. The van der Waals surface area contributed by atoms with Gasteiger partial charge >= 0.3 is 27.7 Å². The second-order valence-electron chi connectivity index (χ2n) is 2.64. The summed E-state index contributed by atoms with van der Waals surface area (Å²) in [6.45, 7) is 3.95. The van der Waals surface area contributed by atoms with Crippen LogP contribution < -0.4 is 0 Å². The molecular weight excluding hydrogens is 274 g/mol. The Morgan fingerprint density at radius 1 is 0.923 bits per heavy atom. The van der Waals surface area contributed by atoms with Crippen LogP contribution in [0.15, 0.2) is 42.5 Å². The summed E-state index contributed by atoms with van der Waals surface area (Å²) in [7, 11) is 4.49. The van der Waals surface area contributed by atoms with E-state index >= 15 is 0 Å². The van der Waals surface area contributed by atoms with E-state index in [0.29, 0.717) is 0 Å². The van der Waals surface area contributed by atoms with Crippen LogP contribution in [0.2, 0.25) is 0 Å². The first-order valence-corrected chi connectivity index (χ1v) is 5.80. The van der Waals surface area contributed by atoms with Crippen LogP contribution in [-0.2, 0) is 18.2 Å². The zero-order valence-corrected chi connectivity index (χ0v) is 9.25. The van der Waals surface area contributed by atoms with Gasteiger partial charge in [-0.15, -0.1) is 17.5 Å². The van der Waals surface area contributed by atoms with Crippen molar-refractivity contribution in [2.24, 2.45) is 0 Å². The Hall–Kier alpha value is -0.478.